The van der Waals surface area contributed by atoms with E-state index in [1.807, 2.05) is 74.5 Å². The minimum absolute atomic E-state index is 0.153. The molecule has 10 atom stereocenters. The molecule has 3 fully saturated rings. The van der Waals surface area contributed by atoms with Crippen LogP contribution in [0.25, 0.3) is 0 Å². The van der Waals surface area contributed by atoms with Crippen LogP contribution in [0.15, 0.2) is 121 Å². The fourth-order valence-corrected chi connectivity index (χ4v) is 7.28. The van der Waals surface area contributed by atoms with E-state index in [0.29, 0.717) is 0 Å². The van der Waals surface area contributed by atoms with Gasteiger partial charge in [-0.1, -0.05) is 97.1 Å². The molecular formula is C45H49NO13. The number of ether oxygens (including phenoxy) is 9. The van der Waals surface area contributed by atoms with Crippen LogP contribution >= 0.6 is 0 Å². The molecule has 0 bridgehead atoms. The number of rotatable bonds is 14. The number of hydrogen-bond donors (Lipinski definition) is 2. The Bertz CT molecular complexity index is 1970. The van der Waals surface area contributed by atoms with Crippen molar-refractivity contribution < 1.29 is 62.1 Å². The zero-order chi connectivity index (χ0) is 41.4. The van der Waals surface area contributed by atoms with Crippen LogP contribution in [0.4, 0.5) is 0 Å². The Balaban J connectivity index is 1.20. The van der Waals surface area contributed by atoms with Gasteiger partial charge in [0.25, 0.3) is 0 Å². The molecule has 4 aromatic rings. The van der Waals surface area contributed by atoms with Gasteiger partial charge in [-0.15, -0.1) is 0 Å². The Hall–Kier alpha value is -5.03. The Morgan fingerprint density at radius 1 is 0.678 bits per heavy atom. The molecule has 7 rings (SSSR count). The van der Waals surface area contributed by atoms with E-state index >= 15 is 0 Å². The summed E-state index contributed by atoms with van der Waals surface area (Å²) in [7, 11) is 0. The summed E-state index contributed by atoms with van der Waals surface area (Å²) in [5, 5.41) is 14.0. The van der Waals surface area contributed by atoms with Gasteiger partial charge in [0.05, 0.1) is 37.6 Å². The first-order valence-electron chi connectivity index (χ1n) is 19.6. The van der Waals surface area contributed by atoms with E-state index in [9.17, 15) is 19.5 Å². The molecule has 0 aromatic heterocycles. The lowest BCUT2D eigenvalue weighted by Gasteiger charge is -2.51. The predicted molar refractivity (Wildman–Crippen MR) is 209 cm³/mol. The molecule has 3 aliphatic rings. The number of nitrogens with one attached hydrogen (secondary N) is 1. The van der Waals surface area contributed by atoms with Crippen LogP contribution in [0, 0.1) is 0 Å². The quantitative estimate of drug-likeness (QED) is 0.168. The van der Waals surface area contributed by atoms with Gasteiger partial charge in [-0.3, -0.25) is 4.79 Å². The Labute approximate surface area is 342 Å². The van der Waals surface area contributed by atoms with Crippen LogP contribution in [0.2, 0.25) is 0 Å². The zero-order valence-corrected chi connectivity index (χ0v) is 33.0. The molecule has 3 heterocycles. The van der Waals surface area contributed by atoms with E-state index in [1.165, 1.54) is 6.92 Å². The van der Waals surface area contributed by atoms with Crippen molar-refractivity contribution in [2.75, 3.05) is 13.2 Å². The number of benzene rings is 4. The molecule has 0 unspecified atom stereocenters. The number of carbonyl (C=O) groups is 3. The van der Waals surface area contributed by atoms with Crippen molar-refractivity contribution in [3.05, 3.63) is 144 Å². The van der Waals surface area contributed by atoms with Crippen molar-refractivity contribution in [1.29, 1.82) is 0 Å². The lowest BCUT2D eigenvalue weighted by Crippen LogP contribution is -2.67. The summed E-state index contributed by atoms with van der Waals surface area (Å²) in [6.07, 6.45) is -9.91. The second-order valence-corrected chi connectivity index (χ2v) is 15.0. The summed E-state index contributed by atoms with van der Waals surface area (Å²) >= 11 is 0. The number of carbonyl (C=O) groups excluding carboxylic acids is 3. The van der Waals surface area contributed by atoms with E-state index in [2.05, 4.69) is 5.32 Å². The average Bonchev–Trinajstić information content (AvgIpc) is 3.24. The molecule has 0 aliphatic carbocycles. The number of aliphatic hydroxyl groups excluding tert-OH is 1. The van der Waals surface area contributed by atoms with Crippen molar-refractivity contribution >= 4 is 17.8 Å². The number of esters is 2. The molecule has 0 radical (unpaired) electrons. The number of amides is 1. The van der Waals surface area contributed by atoms with Crippen molar-refractivity contribution in [2.24, 2.45) is 0 Å². The van der Waals surface area contributed by atoms with Gasteiger partial charge in [-0.25, -0.2) is 9.59 Å². The molecule has 14 heteroatoms. The highest BCUT2D eigenvalue weighted by atomic mass is 16.8. The maximum absolute atomic E-state index is 13.7. The van der Waals surface area contributed by atoms with Crippen molar-refractivity contribution in [2.45, 2.75) is 101 Å². The van der Waals surface area contributed by atoms with E-state index in [0.717, 1.165) is 11.1 Å². The minimum atomic E-state index is -1.72. The lowest BCUT2D eigenvalue weighted by atomic mass is 9.95. The largest absolute Gasteiger partial charge is 0.452 e. The molecule has 0 saturated carbocycles. The monoisotopic (exact) mass is 811 g/mol. The smallest absolute Gasteiger partial charge is 0.338 e. The predicted octanol–water partition coefficient (Wildman–Crippen LogP) is 4.72. The van der Waals surface area contributed by atoms with Crippen molar-refractivity contribution in [3.63, 3.8) is 0 Å². The van der Waals surface area contributed by atoms with Gasteiger partial charge in [0.2, 0.25) is 5.91 Å². The highest BCUT2D eigenvalue weighted by Gasteiger charge is 2.55. The van der Waals surface area contributed by atoms with Gasteiger partial charge in [0.15, 0.2) is 30.6 Å². The highest BCUT2D eigenvalue weighted by molar-refractivity contribution is 5.90. The molecule has 0 spiro atoms. The Morgan fingerprint density at radius 3 is 1.73 bits per heavy atom. The Morgan fingerprint density at radius 2 is 1.19 bits per heavy atom. The second kappa shape index (κ2) is 19.4. The molecule has 3 aliphatic heterocycles. The number of fused-ring (bicyclic) bond motifs is 1. The molecule has 3 saturated heterocycles. The maximum atomic E-state index is 13.7. The molecule has 4 aromatic carbocycles. The number of aliphatic hydroxyl groups is 1. The standard InChI is InChI=1S/C45H49NO13/c1-28(47)46-35-38(58-42(49)32-22-14-7-15-23-32)36(57-41(48)31-20-12-6-13-21-31)33(55-43(35)50)26-53-44-40(52-25-30-18-10-5-11-19-30)39(51-24-29-16-8-4-9-17-29)37-34(56-44)27-54-45(2,3)59-37/h4-23,33-40,43-44,50H,24-27H2,1-3H3,(H,46,47)/t33-,34-,35-,36-,37-,38-,39+,40-,43+,44+/m1/s1. The fraction of sp³-hybridized carbons (Fsp3) is 0.400. The Kier molecular flexibility index (Phi) is 13.8. The average molecular weight is 812 g/mol. The van der Waals surface area contributed by atoms with E-state index in [1.54, 1.807) is 60.7 Å². The third-order valence-electron chi connectivity index (χ3n) is 10.1. The summed E-state index contributed by atoms with van der Waals surface area (Å²) in [5.74, 6) is -3.05. The van der Waals surface area contributed by atoms with Gasteiger partial charge in [0, 0.05) is 6.92 Å². The summed E-state index contributed by atoms with van der Waals surface area (Å²) in [6.45, 7) is 5.05. The second-order valence-electron chi connectivity index (χ2n) is 15.0. The third kappa shape index (κ3) is 10.8. The zero-order valence-electron chi connectivity index (χ0n) is 33.0. The maximum Gasteiger partial charge on any atom is 0.338 e. The summed E-state index contributed by atoms with van der Waals surface area (Å²) in [6, 6.07) is 34.3. The summed E-state index contributed by atoms with van der Waals surface area (Å²) < 4.78 is 56.9. The molecule has 14 nitrogen and oxygen atoms in total. The fourth-order valence-electron chi connectivity index (χ4n) is 7.28. The first-order valence-corrected chi connectivity index (χ1v) is 19.6. The van der Waals surface area contributed by atoms with Gasteiger partial charge in [-0.2, -0.15) is 0 Å². The molecule has 312 valence electrons. The topological polar surface area (TPSA) is 167 Å². The molecular weight excluding hydrogens is 762 g/mol. The molecule has 1 amide bonds. The highest BCUT2D eigenvalue weighted by Crippen LogP contribution is 2.37. The van der Waals surface area contributed by atoms with Gasteiger partial charge >= 0.3 is 11.9 Å². The normalized spacial score (nSPS) is 28.7. The van der Waals surface area contributed by atoms with Crippen LogP contribution < -0.4 is 5.32 Å². The van der Waals surface area contributed by atoms with E-state index in [-0.39, 0.29) is 37.6 Å². The van der Waals surface area contributed by atoms with Crippen molar-refractivity contribution in [1.82, 2.24) is 5.32 Å². The SMILES string of the molecule is CC(=O)N[C@@H]1[C@@H](OC(=O)c2ccccc2)[C@H](OC(=O)c2ccccc2)[C@@H](CO[C@H]2O[C@@H]3COC(C)(C)O[C@H]3[C@H](OCc3ccccc3)[C@H]2OCc2ccccc2)O[C@@H]1O. The van der Waals surface area contributed by atoms with E-state index < -0.39 is 85.0 Å². The van der Waals surface area contributed by atoms with E-state index in [4.69, 9.17) is 42.6 Å². The van der Waals surface area contributed by atoms with Crippen LogP contribution in [-0.4, -0.2) is 103 Å². The summed E-state index contributed by atoms with van der Waals surface area (Å²) in [4.78, 5) is 39.7. The van der Waals surface area contributed by atoms with Gasteiger partial charge in [-0.05, 0) is 49.2 Å². The summed E-state index contributed by atoms with van der Waals surface area (Å²) in [5.41, 5.74) is 2.22. The first kappa shape index (κ1) is 42.1. The minimum Gasteiger partial charge on any atom is -0.452 e. The number of hydrogen-bond acceptors (Lipinski definition) is 13. The van der Waals surface area contributed by atoms with Gasteiger partial charge < -0.3 is 53.1 Å². The third-order valence-corrected chi connectivity index (χ3v) is 10.1. The molecule has 2 N–H and O–H groups in total. The van der Waals surface area contributed by atoms with Crippen molar-refractivity contribution in [3.8, 4) is 0 Å². The van der Waals surface area contributed by atoms with Crippen LogP contribution in [-0.2, 0) is 60.6 Å². The first-order chi connectivity index (χ1) is 28.5. The van der Waals surface area contributed by atoms with Crippen LogP contribution in [0.5, 0.6) is 0 Å². The van der Waals surface area contributed by atoms with Crippen LogP contribution in [0.3, 0.4) is 0 Å². The van der Waals surface area contributed by atoms with Gasteiger partial charge in [0.1, 0.15) is 36.6 Å². The molecule has 59 heavy (non-hydrogen) atoms. The lowest BCUT2D eigenvalue weighted by molar-refractivity contribution is -0.393. The van der Waals surface area contributed by atoms with Crippen LogP contribution in [0.1, 0.15) is 52.6 Å².